The Kier molecular flexibility index (Phi) is 4.90. The summed E-state index contributed by atoms with van der Waals surface area (Å²) >= 11 is 0. The molecule has 82 valence electrons. The molecule has 0 aliphatic heterocycles. The molecule has 1 aliphatic rings. The van der Waals surface area contributed by atoms with Gasteiger partial charge in [-0.05, 0) is 26.7 Å². The van der Waals surface area contributed by atoms with Crippen molar-refractivity contribution in [3.05, 3.63) is 0 Å². The van der Waals surface area contributed by atoms with Gasteiger partial charge < -0.3 is 4.74 Å². The molecular weight excluding hydrogens is 182 g/mol. The maximum Gasteiger partial charge on any atom is 0.322 e. The molecule has 0 saturated heterocycles. The number of rotatable bonds is 5. The predicted molar refractivity (Wildman–Crippen MR) is 52.6 cm³/mol. The zero-order valence-corrected chi connectivity index (χ0v) is 8.91. The smallest absolute Gasteiger partial charge is 0.322 e. The molecule has 4 nitrogen and oxygen atoms in total. The third kappa shape index (κ3) is 4.58. The van der Waals surface area contributed by atoms with E-state index >= 15 is 0 Å². The molecule has 1 rings (SSSR count). The van der Waals surface area contributed by atoms with Gasteiger partial charge in [0, 0.05) is 0 Å². The van der Waals surface area contributed by atoms with Crippen LogP contribution in [-0.2, 0) is 14.4 Å². The van der Waals surface area contributed by atoms with Crippen LogP contribution in [0.2, 0.25) is 0 Å². The number of ether oxygens (including phenoxy) is 1. The Hall–Kier alpha value is -0.610. The summed E-state index contributed by atoms with van der Waals surface area (Å²) in [5, 5.41) is 0. The molecule has 0 aromatic carbocycles. The van der Waals surface area contributed by atoms with Crippen LogP contribution in [0.4, 0.5) is 0 Å². The summed E-state index contributed by atoms with van der Waals surface area (Å²) in [5.41, 5.74) is 2.66. The van der Waals surface area contributed by atoms with Crippen LogP contribution in [0.25, 0.3) is 0 Å². The summed E-state index contributed by atoms with van der Waals surface area (Å²) in [4.78, 5) is 16.4. The van der Waals surface area contributed by atoms with Crippen LogP contribution >= 0.6 is 0 Å². The highest BCUT2D eigenvalue weighted by Crippen LogP contribution is 2.19. The average molecular weight is 201 g/mol. The van der Waals surface area contributed by atoms with E-state index in [1.54, 1.807) is 0 Å². The van der Waals surface area contributed by atoms with Gasteiger partial charge in [0.1, 0.15) is 6.54 Å². The van der Waals surface area contributed by atoms with E-state index in [0.717, 1.165) is 12.8 Å². The van der Waals surface area contributed by atoms with E-state index in [9.17, 15) is 4.79 Å². The Morgan fingerprint density at radius 3 is 2.64 bits per heavy atom. The molecule has 0 amide bonds. The maximum atomic E-state index is 11.1. The van der Waals surface area contributed by atoms with Gasteiger partial charge in [-0.25, -0.2) is 0 Å². The molecule has 0 bridgehead atoms. The van der Waals surface area contributed by atoms with E-state index in [1.807, 2.05) is 13.8 Å². The van der Waals surface area contributed by atoms with Crippen molar-refractivity contribution in [2.24, 2.45) is 0 Å². The molecule has 0 atom stereocenters. The zero-order chi connectivity index (χ0) is 10.4. The SMILES string of the molecule is CC(C)OC(=O)CNOC1CCCC1. The van der Waals surface area contributed by atoms with Crippen molar-refractivity contribution in [2.75, 3.05) is 6.54 Å². The Balaban J connectivity index is 1.99. The number of esters is 1. The first kappa shape index (κ1) is 11.5. The summed E-state index contributed by atoms with van der Waals surface area (Å²) in [6.45, 7) is 3.79. The largest absolute Gasteiger partial charge is 0.462 e. The minimum absolute atomic E-state index is 0.0595. The quantitative estimate of drug-likeness (QED) is 0.539. The lowest BCUT2D eigenvalue weighted by molar-refractivity contribution is -0.150. The second-order valence-electron chi connectivity index (χ2n) is 3.88. The van der Waals surface area contributed by atoms with E-state index < -0.39 is 0 Å². The molecular formula is C10H19NO3. The van der Waals surface area contributed by atoms with Gasteiger partial charge in [-0.2, -0.15) is 5.48 Å². The lowest BCUT2D eigenvalue weighted by Gasteiger charge is -2.12. The zero-order valence-electron chi connectivity index (χ0n) is 8.91. The van der Waals surface area contributed by atoms with Crippen LogP contribution in [0.15, 0.2) is 0 Å². The average Bonchev–Trinajstić information content (AvgIpc) is 2.55. The molecule has 0 spiro atoms. The van der Waals surface area contributed by atoms with Crippen LogP contribution in [-0.4, -0.2) is 24.7 Å². The fraction of sp³-hybridized carbons (Fsp3) is 0.900. The number of carbonyl (C=O) groups is 1. The first-order valence-corrected chi connectivity index (χ1v) is 5.26. The molecule has 0 heterocycles. The highest BCUT2D eigenvalue weighted by Gasteiger charge is 2.16. The standard InChI is InChI=1S/C10H19NO3/c1-8(2)13-10(12)7-11-14-9-5-3-4-6-9/h8-9,11H,3-7H2,1-2H3. The highest BCUT2D eigenvalue weighted by molar-refractivity contribution is 5.71. The number of hydrogen-bond donors (Lipinski definition) is 1. The van der Waals surface area contributed by atoms with Gasteiger partial charge in [0.05, 0.1) is 12.2 Å². The Morgan fingerprint density at radius 2 is 2.07 bits per heavy atom. The molecule has 1 aliphatic carbocycles. The fourth-order valence-electron chi connectivity index (χ4n) is 1.53. The third-order valence-electron chi connectivity index (χ3n) is 2.14. The molecule has 0 aromatic rings. The monoisotopic (exact) mass is 201 g/mol. The summed E-state index contributed by atoms with van der Waals surface area (Å²) in [6, 6.07) is 0. The second-order valence-corrected chi connectivity index (χ2v) is 3.88. The van der Waals surface area contributed by atoms with Crippen molar-refractivity contribution in [1.82, 2.24) is 5.48 Å². The summed E-state index contributed by atoms with van der Waals surface area (Å²) in [5.74, 6) is -0.266. The molecule has 1 saturated carbocycles. The van der Waals surface area contributed by atoms with Crippen molar-refractivity contribution in [3.8, 4) is 0 Å². The van der Waals surface area contributed by atoms with Gasteiger partial charge in [-0.3, -0.25) is 9.63 Å². The van der Waals surface area contributed by atoms with Gasteiger partial charge >= 0.3 is 5.97 Å². The van der Waals surface area contributed by atoms with Crippen molar-refractivity contribution in [3.63, 3.8) is 0 Å². The highest BCUT2D eigenvalue weighted by atomic mass is 16.7. The third-order valence-corrected chi connectivity index (χ3v) is 2.14. The van der Waals surface area contributed by atoms with Crippen molar-refractivity contribution in [2.45, 2.75) is 51.7 Å². The molecule has 0 unspecified atom stereocenters. The minimum Gasteiger partial charge on any atom is -0.462 e. The Morgan fingerprint density at radius 1 is 1.43 bits per heavy atom. The molecule has 1 fully saturated rings. The molecule has 0 aromatic heterocycles. The summed E-state index contributed by atoms with van der Waals surface area (Å²) < 4.78 is 4.93. The van der Waals surface area contributed by atoms with Crippen LogP contribution in [0, 0.1) is 0 Å². The molecule has 4 heteroatoms. The van der Waals surface area contributed by atoms with E-state index in [0.29, 0.717) is 0 Å². The van der Waals surface area contributed by atoms with Gasteiger partial charge in [0.25, 0.3) is 0 Å². The number of nitrogens with one attached hydrogen (secondary N) is 1. The first-order valence-electron chi connectivity index (χ1n) is 5.26. The van der Waals surface area contributed by atoms with Crippen LogP contribution in [0.5, 0.6) is 0 Å². The minimum atomic E-state index is -0.266. The van der Waals surface area contributed by atoms with Crippen LogP contribution in [0.1, 0.15) is 39.5 Å². The van der Waals surface area contributed by atoms with Crippen LogP contribution in [0.3, 0.4) is 0 Å². The number of hydrogen-bond acceptors (Lipinski definition) is 4. The van der Waals surface area contributed by atoms with E-state index in [-0.39, 0.29) is 24.7 Å². The Labute approximate surface area is 84.9 Å². The van der Waals surface area contributed by atoms with Crippen molar-refractivity contribution in [1.29, 1.82) is 0 Å². The van der Waals surface area contributed by atoms with Gasteiger partial charge in [-0.15, -0.1) is 0 Å². The molecule has 1 N–H and O–H groups in total. The van der Waals surface area contributed by atoms with E-state index in [2.05, 4.69) is 5.48 Å². The van der Waals surface area contributed by atoms with Gasteiger partial charge in [0.2, 0.25) is 0 Å². The summed E-state index contributed by atoms with van der Waals surface area (Å²) in [6.07, 6.45) is 4.85. The van der Waals surface area contributed by atoms with Gasteiger partial charge in [0.15, 0.2) is 0 Å². The lowest BCUT2D eigenvalue weighted by atomic mass is 10.3. The maximum absolute atomic E-state index is 11.1. The number of hydroxylamine groups is 1. The number of carbonyl (C=O) groups excluding carboxylic acids is 1. The normalized spacial score (nSPS) is 17.6. The lowest BCUT2D eigenvalue weighted by Crippen LogP contribution is -2.29. The second kappa shape index (κ2) is 5.98. The van der Waals surface area contributed by atoms with Gasteiger partial charge in [-0.1, -0.05) is 12.8 Å². The van der Waals surface area contributed by atoms with E-state index in [1.165, 1.54) is 12.8 Å². The Bertz CT molecular complexity index is 176. The topological polar surface area (TPSA) is 47.6 Å². The van der Waals surface area contributed by atoms with E-state index in [4.69, 9.17) is 9.57 Å². The molecule has 0 radical (unpaired) electrons. The molecule has 14 heavy (non-hydrogen) atoms. The fourth-order valence-corrected chi connectivity index (χ4v) is 1.53. The van der Waals surface area contributed by atoms with Crippen molar-refractivity contribution >= 4 is 5.97 Å². The summed E-state index contributed by atoms with van der Waals surface area (Å²) in [7, 11) is 0. The first-order chi connectivity index (χ1) is 6.68. The van der Waals surface area contributed by atoms with Crippen LogP contribution < -0.4 is 5.48 Å². The van der Waals surface area contributed by atoms with Crippen molar-refractivity contribution < 1.29 is 14.4 Å². The predicted octanol–water partition coefficient (Wildman–Crippen LogP) is 1.40.